The molecule has 10 heteroatoms. The third-order valence-electron chi connectivity index (χ3n) is 4.42. The van der Waals surface area contributed by atoms with Crippen LogP contribution in [-0.4, -0.2) is 36.7 Å². The Morgan fingerprint density at radius 1 is 1.03 bits per heavy atom. The maximum Gasteiger partial charge on any atom is 0.196 e. The Bertz CT molecular complexity index is 1310. The summed E-state index contributed by atoms with van der Waals surface area (Å²) in [6.45, 7) is 0. The van der Waals surface area contributed by atoms with Crippen molar-refractivity contribution >= 4 is 42.8 Å². The molecule has 0 aliphatic rings. The van der Waals surface area contributed by atoms with Gasteiger partial charge in [-0.05, 0) is 54.6 Å². The van der Waals surface area contributed by atoms with E-state index in [1.54, 1.807) is 18.3 Å². The van der Waals surface area contributed by atoms with Crippen LogP contribution in [0.4, 0.5) is 5.69 Å². The molecule has 3 aromatic rings. The Balaban J connectivity index is 2.06. The Kier molecular flexibility index (Phi) is 5.98. The minimum absolute atomic E-state index is 0.0584. The molecule has 1 aromatic heterocycles. The van der Waals surface area contributed by atoms with Crippen molar-refractivity contribution in [3.8, 4) is 0 Å². The highest BCUT2D eigenvalue weighted by molar-refractivity contribution is 7.93. The summed E-state index contributed by atoms with van der Waals surface area (Å²) < 4.78 is 46.3. The molecule has 0 bridgehead atoms. The quantitative estimate of drug-likeness (QED) is 0.559. The van der Waals surface area contributed by atoms with Gasteiger partial charge in [0.05, 0.1) is 15.5 Å². The van der Waals surface area contributed by atoms with Gasteiger partial charge in [0.25, 0.3) is 0 Å². The lowest BCUT2D eigenvalue weighted by Gasteiger charge is -2.24. The monoisotopic (exact) mass is 463 g/mol. The molecule has 30 heavy (non-hydrogen) atoms. The number of anilines is 1. The van der Waals surface area contributed by atoms with Gasteiger partial charge in [0.15, 0.2) is 25.5 Å². The van der Waals surface area contributed by atoms with E-state index in [-0.39, 0.29) is 26.8 Å². The van der Waals surface area contributed by atoms with Crippen LogP contribution >= 0.6 is 11.6 Å². The summed E-state index contributed by atoms with van der Waals surface area (Å²) in [7, 11) is -5.57. The lowest BCUT2D eigenvalue weighted by atomic mass is 10.0. The Labute approximate surface area is 180 Å². The lowest BCUT2D eigenvalue weighted by Crippen LogP contribution is -2.27. The smallest absolute Gasteiger partial charge is 0.196 e. The molecule has 0 saturated heterocycles. The number of rotatable bonds is 6. The Morgan fingerprint density at radius 3 is 2.23 bits per heavy atom. The van der Waals surface area contributed by atoms with Crippen molar-refractivity contribution in [1.29, 1.82) is 4.78 Å². The first-order valence-electron chi connectivity index (χ1n) is 8.59. The molecule has 1 unspecified atom stereocenters. The number of pyridine rings is 1. The number of benzene rings is 2. The van der Waals surface area contributed by atoms with Crippen LogP contribution in [0.25, 0.3) is 0 Å². The lowest BCUT2D eigenvalue weighted by molar-refractivity contribution is 0.103. The number of hydrogen-bond donors (Lipinski definition) is 1. The molecule has 156 valence electrons. The fourth-order valence-corrected chi connectivity index (χ4v) is 4.85. The molecule has 2 aromatic carbocycles. The zero-order valence-corrected chi connectivity index (χ0v) is 18.5. The second-order valence-electron chi connectivity index (χ2n) is 6.50. The van der Waals surface area contributed by atoms with Gasteiger partial charge < -0.3 is 0 Å². The molecule has 1 N–H and O–H groups in total. The van der Waals surface area contributed by atoms with Crippen LogP contribution < -0.4 is 4.31 Å². The summed E-state index contributed by atoms with van der Waals surface area (Å²) in [4.78, 5) is 17.1. The van der Waals surface area contributed by atoms with Crippen molar-refractivity contribution < 1.29 is 17.4 Å². The highest BCUT2D eigenvalue weighted by atomic mass is 35.5. The molecule has 0 aliphatic carbocycles. The van der Waals surface area contributed by atoms with Gasteiger partial charge in [0, 0.05) is 41.8 Å². The number of aromatic nitrogens is 1. The van der Waals surface area contributed by atoms with Crippen molar-refractivity contribution in [2.45, 2.75) is 9.79 Å². The number of carbonyl (C=O) groups excluding carboxylic acids is 1. The van der Waals surface area contributed by atoms with Crippen LogP contribution in [0.2, 0.25) is 5.02 Å². The van der Waals surface area contributed by atoms with Crippen LogP contribution in [0, 0.1) is 4.78 Å². The minimum Gasteiger partial charge on any atom is -0.288 e. The van der Waals surface area contributed by atoms with Crippen molar-refractivity contribution in [3.05, 3.63) is 83.1 Å². The van der Waals surface area contributed by atoms with Gasteiger partial charge in [-0.1, -0.05) is 11.6 Å². The van der Waals surface area contributed by atoms with E-state index < -0.39 is 19.8 Å². The molecule has 0 radical (unpaired) electrons. The van der Waals surface area contributed by atoms with Crippen LogP contribution in [0.1, 0.15) is 15.9 Å². The third kappa shape index (κ3) is 4.38. The second kappa shape index (κ2) is 8.17. The third-order valence-corrected chi connectivity index (χ3v) is 7.67. The summed E-state index contributed by atoms with van der Waals surface area (Å²) >= 11 is 6.08. The Morgan fingerprint density at radius 2 is 1.67 bits per heavy atom. The molecule has 1 atom stereocenters. The van der Waals surface area contributed by atoms with E-state index in [0.717, 1.165) is 6.26 Å². The van der Waals surface area contributed by atoms with Crippen molar-refractivity contribution in [1.82, 2.24) is 4.98 Å². The maximum absolute atomic E-state index is 13.3. The summed E-state index contributed by atoms with van der Waals surface area (Å²) in [5.74, 6) is -0.380. The van der Waals surface area contributed by atoms with Gasteiger partial charge in [-0.3, -0.25) is 14.1 Å². The molecular formula is C20H18ClN3O4S2. The van der Waals surface area contributed by atoms with E-state index in [0.29, 0.717) is 10.6 Å². The average Bonchev–Trinajstić information content (AvgIpc) is 2.72. The largest absolute Gasteiger partial charge is 0.288 e. The van der Waals surface area contributed by atoms with E-state index in [1.165, 1.54) is 60.0 Å². The van der Waals surface area contributed by atoms with Crippen molar-refractivity contribution in [2.24, 2.45) is 0 Å². The van der Waals surface area contributed by atoms with Crippen LogP contribution in [0.5, 0.6) is 0 Å². The number of sulfone groups is 1. The molecule has 0 saturated carbocycles. The number of ketones is 1. The zero-order chi connectivity index (χ0) is 22.1. The standard InChI is InChI=1S/C20H18ClN3O4S2/c1-24(30(22,28)17-8-6-16(7-9-17)29(2,26)27)19-10-5-15(21)12-18(19)20(25)14-4-3-11-23-13-14/h3-13,22H,1-2H3. The molecule has 7 nitrogen and oxygen atoms in total. The first-order chi connectivity index (χ1) is 14.0. The number of nitrogens with one attached hydrogen (secondary N) is 1. The first-order valence-corrected chi connectivity index (χ1v) is 12.4. The molecule has 0 spiro atoms. The zero-order valence-electron chi connectivity index (χ0n) is 16.1. The molecular weight excluding hydrogens is 446 g/mol. The van der Waals surface area contributed by atoms with Crippen LogP contribution in [-0.2, 0) is 19.8 Å². The second-order valence-corrected chi connectivity index (χ2v) is 11.0. The van der Waals surface area contributed by atoms with Crippen LogP contribution in [0.3, 0.4) is 0 Å². The molecule has 0 fully saturated rings. The van der Waals surface area contributed by atoms with E-state index in [9.17, 15) is 17.4 Å². The van der Waals surface area contributed by atoms with Gasteiger partial charge in [0.1, 0.15) is 0 Å². The van der Waals surface area contributed by atoms with E-state index in [1.807, 2.05) is 0 Å². The summed E-state index contributed by atoms with van der Waals surface area (Å²) in [5, 5.41) is 0.313. The molecule has 0 aliphatic heterocycles. The van der Waals surface area contributed by atoms with E-state index in [2.05, 4.69) is 4.98 Å². The van der Waals surface area contributed by atoms with Gasteiger partial charge in [-0.15, -0.1) is 0 Å². The van der Waals surface area contributed by atoms with Gasteiger partial charge in [-0.25, -0.2) is 17.4 Å². The number of nitrogens with zero attached hydrogens (tertiary/aromatic N) is 2. The Hall–Kier alpha value is -2.75. The first kappa shape index (κ1) is 21.9. The topological polar surface area (TPSA) is 108 Å². The van der Waals surface area contributed by atoms with Crippen molar-refractivity contribution in [2.75, 3.05) is 17.6 Å². The number of hydrogen-bond acceptors (Lipinski definition) is 6. The number of carbonyl (C=O) groups is 1. The normalized spacial score (nSPS) is 13.4. The van der Waals surface area contributed by atoms with E-state index in [4.69, 9.17) is 16.4 Å². The highest BCUT2D eigenvalue weighted by Gasteiger charge is 2.24. The predicted molar refractivity (Wildman–Crippen MR) is 116 cm³/mol. The van der Waals surface area contributed by atoms with Crippen LogP contribution in [0.15, 0.2) is 76.8 Å². The predicted octanol–water partition coefficient (Wildman–Crippen LogP) is 3.83. The minimum atomic E-state index is -3.58. The highest BCUT2D eigenvalue weighted by Crippen LogP contribution is 2.30. The summed E-state index contributed by atoms with van der Waals surface area (Å²) in [6, 6.07) is 13.0. The van der Waals surface area contributed by atoms with Gasteiger partial charge in [-0.2, -0.15) is 0 Å². The summed E-state index contributed by atoms with van der Waals surface area (Å²) in [6.07, 6.45) is 4.02. The van der Waals surface area contributed by atoms with Gasteiger partial charge in [0.2, 0.25) is 0 Å². The summed E-state index contributed by atoms with van der Waals surface area (Å²) in [5.41, 5.74) is 0.745. The SMILES string of the molecule is CN(c1ccc(Cl)cc1C(=O)c1cccnc1)S(=N)(=O)c1ccc(S(C)(=O)=O)cc1. The van der Waals surface area contributed by atoms with E-state index >= 15 is 0 Å². The molecule has 0 amide bonds. The van der Waals surface area contributed by atoms with Gasteiger partial charge >= 0.3 is 0 Å². The maximum atomic E-state index is 13.3. The average molecular weight is 464 g/mol. The van der Waals surface area contributed by atoms with Crippen molar-refractivity contribution in [3.63, 3.8) is 0 Å². The fourth-order valence-electron chi connectivity index (χ4n) is 2.79. The number of halogens is 1. The fraction of sp³-hybridized carbons (Fsp3) is 0.100. The molecule has 3 rings (SSSR count). The molecule has 1 heterocycles.